The number of pyridine rings is 2. The summed E-state index contributed by atoms with van der Waals surface area (Å²) in [7, 11) is 0. The highest BCUT2D eigenvalue weighted by molar-refractivity contribution is 5.80. The van der Waals surface area contributed by atoms with Gasteiger partial charge in [0.1, 0.15) is 5.75 Å². The maximum absolute atomic E-state index is 5.95. The number of rotatable bonds is 9. The lowest BCUT2D eigenvalue weighted by Crippen LogP contribution is -2.04. The maximum atomic E-state index is 5.95. The predicted octanol–water partition coefficient (Wildman–Crippen LogP) is 5.75. The van der Waals surface area contributed by atoms with Crippen molar-refractivity contribution < 1.29 is 4.74 Å². The Balaban J connectivity index is 1.35. The number of aryl methyl sites for hydroxylation is 1. The van der Waals surface area contributed by atoms with Gasteiger partial charge < -0.3 is 4.74 Å². The molecule has 1 aromatic carbocycles. The Morgan fingerprint density at radius 1 is 1.00 bits per heavy atom. The predicted molar refractivity (Wildman–Crippen MR) is 128 cm³/mol. The Bertz CT molecular complexity index is 1190. The molecule has 0 aliphatic heterocycles. The van der Waals surface area contributed by atoms with E-state index in [1.54, 1.807) is 18.5 Å². The SMILES string of the molecule is C=C/C=C\Cc1ccc(CCOc2ccc(-c3[nH]ncc3-c3ccncc3)cc2)nc1C. The second kappa shape index (κ2) is 10.4. The number of H-pyrrole nitrogens is 1. The van der Waals surface area contributed by atoms with E-state index in [2.05, 4.69) is 46.9 Å². The van der Waals surface area contributed by atoms with E-state index in [1.807, 2.05) is 48.7 Å². The van der Waals surface area contributed by atoms with Gasteiger partial charge >= 0.3 is 0 Å². The molecule has 0 atom stereocenters. The van der Waals surface area contributed by atoms with Crippen molar-refractivity contribution >= 4 is 0 Å². The summed E-state index contributed by atoms with van der Waals surface area (Å²) in [6, 6.07) is 16.2. The molecule has 0 unspecified atom stereocenters. The molecule has 4 aromatic rings. The van der Waals surface area contributed by atoms with Crippen LogP contribution in [0.4, 0.5) is 0 Å². The first kappa shape index (κ1) is 21.2. The van der Waals surface area contributed by atoms with Crippen LogP contribution in [0.3, 0.4) is 0 Å². The van der Waals surface area contributed by atoms with Crippen molar-refractivity contribution in [3.63, 3.8) is 0 Å². The third-order valence-electron chi connectivity index (χ3n) is 5.26. The summed E-state index contributed by atoms with van der Waals surface area (Å²) in [6.07, 6.45) is 12.9. The average Bonchev–Trinajstić information content (AvgIpc) is 3.32. The van der Waals surface area contributed by atoms with E-state index in [4.69, 9.17) is 9.72 Å². The van der Waals surface area contributed by atoms with Gasteiger partial charge in [-0.1, -0.05) is 30.9 Å². The quantitative estimate of drug-likeness (QED) is 0.349. The average molecular weight is 423 g/mol. The molecule has 5 heteroatoms. The molecule has 0 bridgehead atoms. The Labute approximate surface area is 188 Å². The summed E-state index contributed by atoms with van der Waals surface area (Å²) in [5, 5.41) is 7.32. The van der Waals surface area contributed by atoms with E-state index in [1.165, 1.54) is 5.56 Å². The van der Waals surface area contributed by atoms with E-state index < -0.39 is 0 Å². The molecule has 0 saturated carbocycles. The number of aromatic nitrogens is 4. The molecule has 0 saturated heterocycles. The van der Waals surface area contributed by atoms with Crippen molar-refractivity contribution in [3.05, 3.63) is 109 Å². The number of aromatic amines is 1. The zero-order chi connectivity index (χ0) is 22.2. The number of nitrogens with one attached hydrogen (secondary N) is 1. The topological polar surface area (TPSA) is 63.7 Å². The van der Waals surface area contributed by atoms with E-state index >= 15 is 0 Å². The molecule has 0 spiro atoms. The molecular formula is C27H26N4O. The minimum atomic E-state index is 0.577. The van der Waals surface area contributed by atoms with Crippen LogP contribution < -0.4 is 4.74 Å². The number of allylic oxidation sites excluding steroid dienone is 3. The van der Waals surface area contributed by atoms with E-state index in [-0.39, 0.29) is 0 Å². The van der Waals surface area contributed by atoms with E-state index in [0.717, 1.165) is 52.4 Å². The van der Waals surface area contributed by atoms with Gasteiger partial charge in [0.05, 0.1) is 18.5 Å². The van der Waals surface area contributed by atoms with Crippen molar-refractivity contribution in [3.8, 4) is 28.1 Å². The Kier molecular flexibility index (Phi) is 6.88. The van der Waals surface area contributed by atoms with Crippen LogP contribution in [-0.2, 0) is 12.8 Å². The molecule has 4 rings (SSSR count). The lowest BCUT2D eigenvalue weighted by atomic mass is 10.0. The smallest absolute Gasteiger partial charge is 0.119 e. The number of hydrogen-bond donors (Lipinski definition) is 1. The van der Waals surface area contributed by atoms with E-state index in [9.17, 15) is 0 Å². The highest BCUT2D eigenvalue weighted by Crippen LogP contribution is 2.30. The van der Waals surface area contributed by atoms with Crippen molar-refractivity contribution in [1.82, 2.24) is 20.2 Å². The number of nitrogens with zero attached hydrogens (tertiary/aromatic N) is 3. The van der Waals surface area contributed by atoms with Crippen LogP contribution >= 0.6 is 0 Å². The van der Waals surface area contributed by atoms with Crippen LogP contribution in [0.25, 0.3) is 22.4 Å². The van der Waals surface area contributed by atoms with Gasteiger partial charge in [-0.3, -0.25) is 15.1 Å². The lowest BCUT2D eigenvalue weighted by Gasteiger charge is -2.09. The van der Waals surface area contributed by atoms with Gasteiger partial charge in [-0.15, -0.1) is 0 Å². The molecule has 1 N–H and O–H groups in total. The Morgan fingerprint density at radius 3 is 2.56 bits per heavy atom. The second-order valence-electron chi connectivity index (χ2n) is 7.43. The minimum absolute atomic E-state index is 0.577. The minimum Gasteiger partial charge on any atom is -0.493 e. The molecule has 160 valence electrons. The zero-order valence-electron chi connectivity index (χ0n) is 18.2. The molecule has 5 nitrogen and oxygen atoms in total. The van der Waals surface area contributed by atoms with Crippen molar-refractivity contribution in [2.45, 2.75) is 19.8 Å². The van der Waals surface area contributed by atoms with Crippen molar-refractivity contribution in [2.75, 3.05) is 6.61 Å². The van der Waals surface area contributed by atoms with Gasteiger partial charge in [-0.25, -0.2) is 0 Å². The van der Waals surface area contributed by atoms with Crippen LogP contribution in [0.5, 0.6) is 5.75 Å². The maximum Gasteiger partial charge on any atom is 0.119 e. The summed E-state index contributed by atoms with van der Waals surface area (Å²) in [5.41, 5.74) is 7.49. The summed E-state index contributed by atoms with van der Waals surface area (Å²) in [5.74, 6) is 0.835. The molecule has 32 heavy (non-hydrogen) atoms. The summed E-state index contributed by atoms with van der Waals surface area (Å²) >= 11 is 0. The van der Waals surface area contributed by atoms with E-state index in [0.29, 0.717) is 6.61 Å². The zero-order valence-corrected chi connectivity index (χ0v) is 18.2. The fourth-order valence-electron chi connectivity index (χ4n) is 3.54. The van der Waals surface area contributed by atoms with Gasteiger partial charge in [-0.2, -0.15) is 5.10 Å². The summed E-state index contributed by atoms with van der Waals surface area (Å²) in [6.45, 7) is 6.33. The first-order valence-corrected chi connectivity index (χ1v) is 10.6. The monoisotopic (exact) mass is 422 g/mol. The van der Waals surface area contributed by atoms with Crippen LogP contribution in [0.1, 0.15) is 17.0 Å². The van der Waals surface area contributed by atoms with Crippen molar-refractivity contribution in [1.29, 1.82) is 0 Å². The van der Waals surface area contributed by atoms with Crippen LogP contribution in [-0.4, -0.2) is 26.8 Å². The molecule has 0 amide bonds. The first-order chi connectivity index (χ1) is 15.7. The number of ether oxygens (including phenoxy) is 1. The Morgan fingerprint density at radius 2 is 1.81 bits per heavy atom. The van der Waals surface area contributed by atoms with Gasteiger partial charge in [0.2, 0.25) is 0 Å². The molecule has 0 aliphatic rings. The summed E-state index contributed by atoms with van der Waals surface area (Å²) in [4.78, 5) is 8.80. The molecule has 0 aliphatic carbocycles. The largest absolute Gasteiger partial charge is 0.493 e. The van der Waals surface area contributed by atoms with Crippen molar-refractivity contribution in [2.24, 2.45) is 0 Å². The third kappa shape index (κ3) is 5.19. The standard InChI is InChI=1S/C27H26N4O/c1-3-4-5-6-21-7-10-24(30-20(21)2)15-18-32-25-11-8-23(9-12-25)27-26(19-29-31-27)22-13-16-28-17-14-22/h3-5,7-14,16-17,19H,1,6,15,18H2,2H3,(H,29,31)/b5-4-. The molecular weight excluding hydrogens is 396 g/mol. The Hall–Kier alpha value is -3.99. The van der Waals surface area contributed by atoms with Crippen LogP contribution in [0.2, 0.25) is 0 Å². The summed E-state index contributed by atoms with van der Waals surface area (Å²) < 4.78 is 5.95. The molecule has 3 aromatic heterocycles. The highest BCUT2D eigenvalue weighted by atomic mass is 16.5. The van der Waals surface area contributed by atoms with Gasteiger partial charge in [-0.05, 0) is 66.9 Å². The number of benzene rings is 1. The molecule has 0 radical (unpaired) electrons. The third-order valence-corrected chi connectivity index (χ3v) is 5.26. The molecule has 3 heterocycles. The first-order valence-electron chi connectivity index (χ1n) is 10.6. The van der Waals surface area contributed by atoms with Gasteiger partial charge in [0.15, 0.2) is 0 Å². The van der Waals surface area contributed by atoms with Gasteiger partial charge in [0.25, 0.3) is 0 Å². The molecule has 0 fully saturated rings. The fraction of sp³-hybridized carbons (Fsp3) is 0.148. The lowest BCUT2D eigenvalue weighted by molar-refractivity contribution is 0.320. The van der Waals surface area contributed by atoms with Crippen LogP contribution in [0.15, 0.2) is 91.9 Å². The fourth-order valence-corrected chi connectivity index (χ4v) is 3.54. The highest BCUT2D eigenvalue weighted by Gasteiger charge is 2.10. The number of hydrogen-bond acceptors (Lipinski definition) is 4. The van der Waals surface area contributed by atoms with Gasteiger partial charge in [0, 0.05) is 41.3 Å². The second-order valence-corrected chi connectivity index (χ2v) is 7.43. The van der Waals surface area contributed by atoms with Crippen LogP contribution in [0, 0.1) is 6.92 Å². The normalized spacial score (nSPS) is 11.0.